The third-order valence-corrected chi connectivity index (χ3v) is 7.56. The molecule has 3 aromatic carbocycles. The second-order valence-corrected chi connectivity index (χ2v) is 11.2. The van der Waals surface area contributed by atoms with Crippen LogP contribution < -0.4 is 9.64 Å². The Labute approximate surface area is 235 Å². The van der Waals surface area contributed by atoms with E-state index in [2.05, 4.69) is 4.90 Å². The Hall–Kier alpha value is -3.23. The summed E-state index contributed by atoms with van der Waals surface area (Å²) in [5, 5.41) is 11.6. The minimum atomic E-state index is -4.37. The number of hydrogen-bond acceptors (Lipinski definition) is 5. The first-order valence-corrected chi connectivity index (χ1v) is 13.8. The van der Waals surface area contributed by atoms with Crippen LogP contribution in [0.15, 0.2) is 78.6 Å². The average Bonchev–Trinajstić information content (AvgIpc) is 3.30. The standard InChI is InChI=1S/C30H30ClF3N2O2S/c1-4-5-27(37)29(2,3)38-24-13-8-20(9-14-24)16-17-36(19-21-6-10-22(11-7-21)30(32,33)34)28-35-25-15-12-23(31)18-26(25)39-28/h5-15,18,37H,4,16-17,19H2,1-3H3/b27-5-. The second kappa shape index (κ2) is 11.9. The smallest absolute Gasteiger partial charge is 0.416 e. The van der Waals surface area contributed by atoms with Crippen LogP contribution in [0.3, 0.4) is 0 Å². The predicted molar refractivity (Wildman–Crippen MR) is 153 cm³/mol. The molecule has 206 valence electrons. The normalized spacial score (nSPS) is 12.6. The molecule has 4 rings (SSSR count). The lowest BCUT2D eigenvalue weighted by Crippen LogP contribution is -2.30. The number of aliphatic hydroxyl groups excluding tert-OH is 1. The Morgan fingerprint density at radius 1 is 1.03 bits per heavy atom. The number of ether oxygens (including phenoxy) is 1. The zero-order chi connectivity index (χ0) is 28.2. The Morgan fingerprint density at radius 3 is 2.33 bits per heavy atom. The van der Waals surface area contributed by atoms with Gasteiger partial charge in [0.2, 0.25) is 0 Å². The molecule has 1 N–H and O–H groups in total. The van der Waals surface area contributed by atoms with E-state index in [1.165, 1.54) is 23.5 Å². The summed E-state index contributed by atoms with van der Waals surface area (Å²) in [5.74, 6) is 0.828. The van der Waals surface area contributed by atoms with Crippen LogP contribution in [0.2, 0.25) is 5.02 Å². The summed E-state index contributed by atoms with van der Waals surface area (Å²) in [4.78, 5) is 6.83. The number of aromatic nitrogens is 1. The Bertz CT molecular complexity index is 1430. The third-order valence-electron chi connectivity index (χ3n) is 6.25. The molecule has 9 heteroatoms. The topological polar surface area (TPSA) is 45.6 Å². The molecule has 0 aliphatic heterocycles. The number of anilines is 1. The Kier molecular flexibility index (Phi) is 8.76. The Balaban J connectivity index is 1.52. The lowest BCUT2D eigenvalue weighted by Gasteiger charge is -2.26. The van der Waals surface area contributed by atoms with Crippen molar-refractivity contribution >= 4 is 38.3 Å². The van der Waals surface area contributed by atoms with Crippen LogP contribution in [-0.4, -0.2) is 22.2 Å². The van der Waals surface area contributed by atoms with E-state index in [0.717, 1.165) is 38.6 Å². The van der Waals surface area contributed by atoms with Crippen molar-refractivity contribution in [3.05, 3.63) is 100 Å². The quantitative estimate of drug-likeness (QED) is 0.192. The highest BCUT2D eigenvalue weighted by Gasteiger charge is 2.30. The molecule has 0 amide bonds. The maximum absolute atomic E-state index is 13.0. The number of benzene rings is 3. The highest BCUT2D eigenvalue weighted by molar-refractivity contribution is 7.22. The molecule has 0 bridgehead atoms. The predicted octanol–water partition coefficient (Wildman–Crippen LogP) is 9.23. The molecule has 0 saturated heterocycles. The van der Waals surface area contributed by atoms with Crippen molar-refractivity contribution in [3.8, 4) is 5.75 Å². The summed E-state index contributed by atoms with van der Waals surface area (Å²) < 4.78 is 46.1. The van der Waals surface area contributed by atoms with Crippen LogP contribution in [-0.2, 0) is 19.1 Å². The van der Waals surface area contributed by atoms with Crippen LogP contribution >= 0.6 is 22.9 Å². The summed E-state index contributed by atoms with van der Waals surface area (Å²) in [5.41, 5.74) is 1.13. The fourth-order valence-electron chi connectivity index (χ4n) is 4.06. The first kappa shape index (κ1) is 28.8. The minimum absolute atomic E-state index is 0.185. The van der Waals surface area contributed by atoms with Crippen molar-refractivity contribution in [2.75, 3.05) is 11.4 Å². The lowest BCUT2D eigenvalue weighted by atomic mass is 10.1. The van der Waals surface area contributed by atoms with Gasteiger partial charge in [-0.1, -0.05) is 54.1 Å². The molecule has 0 radical (unpaired) electrons. The number of halogens is 4. The second-order valence-electron chi connectivity index (χ2n) is 9.73. The molecule has 0 spiro atoms. The molecule has 0 atom stereocenters. The maximum Gasteiger partial charge on any atom is 0.416 e. The number of aliphatic hydroxyl groups is 1. The number of alkyl halides is 3. The van der Waals surface area contributed by atoms with Gasteiger partial charge in [-0.3, -0.25) is 0 Å². The summed E-state index contributed by atoms with van der Waals surface area (Å²) in [6, 6.07) is 18.4. The largest absolute Gasteiger partial charge is 0.508 e. The number of allylic oxidation sites excluding steroid dienone is 1. The van der Waals surface area contributed by atoms with Gasteiger partial charge in [-0.25, -0.2) is 4.98 Å². The van der Waals surface area contributed by atoms with Crippen molar-refractivity contribution < 1.29 is 23.0 Å². The van der Waals surface area contributed by atoms with Gasteiger partial charge in [0.05, 0.1) is 15.8 Å². The van der Waals surface area contributed by atoms with E-state index in [0.29, 0.717) is 36.7 Å². The van der Waals surface area contributed by atoms with Crippen molar-refractivity contribution in [2.24, 2.45) is 0 Å². The van der Waals surface area contributed by atoms with Crippen molar-refractivity contribution in [3.63, 3.8) is 0 Å². The van der Waals surface area contributed by atoms with Gasteiger partial charge in [-0.15, -0.1) is 0 Å². The average molecular weight is 575 g/mol. The van der Waals surface area contributed by atoms with E-state index in [4.69, 9.17) is 21.3 Å². The number of rotatable bonds is 10. The fourth-order valence-corrected chi connectivity index (χ4v) is 5.32. The van der Waals surface area contributed by atoms with Crippen molar-refractivity contribution in [1.29, 1.82) is 0 Å². The molecular formula is C30H30ClF3N2O2S. The minimum Gasteiger partial charge on any atom is -0.508 e. The Morgan fingerprint density at radius 2 is 1.69 bits per heavy atom. The van der Waals surface area contributed by atoms with Crippen LogP contribution in [0.5, 0.6) is 5.75 Å². The zero-order valence-corrected chi connectivity index (χ0v) is 23.5. The van der Waals surface area contributed by atoms with Gasteiger partial charge in [0.15, 0.2) is 10.7 Å². The SMILES string of the molecule is CC/C=C(\O)C(C)(C)Oc1ccc(CCN(Cc2ccc(C(F)(F)F)cc2)c2nc3ccc(Cl)cc3s2)cc1. The van der Waals surface area contributed by atoms with Gasteiger partial charge in [0, 0.05) is 18.1 Å². The summed E-state index contributed by atoms with van der Waals surface area (Å²) in [7, 11) is 0. The highest BCUT2D eigenvalue weighted by atomic mass is 35.5. The molecule has 4 nitrogen and oxygen atoms in total. The van der Waals surface area contributed by atoms with E-state index < -0.39 is 17.3 Å². The molecule has 0 unspecified atom stereocenters. The van der Waals surface area contributed by atoms with Gasteiger partial charge < -0.3 is 14.7 Å². The molecular weight excluding hydrogens is 545 g/mol. The fraction of sp³-hybridized carbons (Fsp3) is 0.300. The lowest BCUT2D eigenvalue weighted by molar-refractivity contribution is -0.137. The van der Waals surface area contributed by atoms with E-state index in [1.54, 1.807) is 12.1 Å². The summed E-state index contributed by atoms with van der Waals surface area (Å²) in [6.45, 7) is 6.58. The van der Waals surface area contributed by atoms with Crippen LogP contribution in [0.1, 0.15) is 43.9 Å². The molecule has 0 saturated carbocycles. The summed E-state index contributed by atoms with van der Waals surface area (Å²) in [6.07, 6.45) is -1.25. The number of fused-ring (bicyclic) bond motifs is 1. The van der Waals surface area contributed by atoms with Gasteiger partial charge in [-0.2, -0.15) is 13.2 Å². The highest BCUT2D eigenvalue weighted by Crippen LogP contribution is 2.33. The monoisotopic (exact) mass is 574 g/mol. The van der Waals surface area contributed by atoms with E-state index in [9.17, 15) is 18.3 Å². The van der Waals surface area contributed by atoms with Gasteiger partial charge in [-0.05, 0) is 86.4 Å². The number of nitrogens with zero attached hydrogens (tertiary/aromatic N) is 2. The molecule has 0 aliphatic rings. The molecule has 0 aliphatic carbocycles. The summed E-state index contributed by atoms with van der Waals surface area (Å²) >= 11 is 7.66. The van der Waals surface area contributed by atoms with Crippen molar-refractivity contribution in [1.82, 2.24) is 4.98 Å². The van der Waals surface area contributed by atoms with Crippen LogP contribution in [0.4, 0.5) is 18.3 Å². The molecule has 1 heterocycles. The molecule has 39 heavy (non-hydrogen) atoms. The van der Waals surface area contributed by atoms with Crippen LogP contribution in [0, 0.1) is 0 Å². The van der Waals surface area contributed by atoms with Gasteiger partial charge in [0.1, 0.15) is 11.5 Å². The number of thiazole rings is 1. The molecule has 4 aromatic rings. The van der Waals surface area contributed by atoms with Crippen molar-refractivity contribution in [2.45, 2.75) is 51.9 Å². The molecule has 1 aromatic heterocycles. The van der Waals surface area contributed by atoms with E-state index in [-0.39, 0.29) is 5.76 Å². The van der Waals surface area contributed by atoms with Gasteiger partial charge in [0.25, 0.3) is 0 Å². The first-order chi connectivity index (χ1) is 18.4. The van der Waals surface area contributed by atoms with Crippen LogP contribution in [0.25, 0.3) is 10.2 Å². The van der Waals surface area contributed by atoms with E-state index >= 15 is 0 Å². The first-order valence-electron chi connectivity index (χ1n) is 12.6. The van der Waals surface area contributed by atoms with Gasteiger partial charge >= 0.3 is 6.18 Å². The third kappa shape index (κ3) is 7.46. The maximum atomic E-state index is 13.0. The number of hydrogen-bond donors (Lipinski definition) is 1. The zero-order valence-electron chi connectivity index (χ0n) is 21.9. The molecule has 0 fully saturated rings. The van der Waals surface area contributed by atoms with E-state index in [1.807, 2.05) is 57.2 Å².